The molecule has 3 nitrogen and oxygen atoms in total. The summed E-state index contributed by atoms with van der Waals surface area (Å²) in [5, 5.41) is 0. The Hall–Kier alpha value is -0.160. The van der Waals surface area contributed by atoms with Crippen LogP contribution in [0.2, 0.25) is 4.47 Å². The molecule has 0 radical (unpaired) electrons. The maximum Gasteiger partial charge on any atom is 0.183 e. The van der Waals surface area contributed by atoms with Crippen molar-refractivity contribution in [1.29, 1.82) is 0 Å². The third kappa shape index (κ3) is 3.65. The largest absolute Gasteiger partial charge is 0.328 e. The van der Waals surface area contributed by atoms with Crippen molar-refractivity contribution in [2.24, 2.45) is 5.73 Å². The number of thiazole rings is 1. The maximum absolute atomic E-state index is 5.95. The Kier molecular flexibility index (Phi) is 4.79. The lowest BCUT2D eigenvalue weighted by Gasteiger charge is -2.35. The first-order valence-electron chi connectivity index (χ1n) is 6.29. The van der Waals surface area contributed by atoms with Crippen LogP contribution in [0.5, 0.6) is 0 Å². The van der Waals surface area contributed by atoms with Gasteiger partial charge in [-0.15, -0.1) is 11.3 Å². The molecule has 1 saturated carbocycles. The van der Waals surface area contributed by atoms with Gasteiger partial charge in [-0.3, -0.25) is 4.90 Å². The number of halogens is 1. The van der Waals surface area contributed by atoms with Crippen molar-refractivity contribution in [3.8, 4) is 0 Å². The molecule has 0 saturated heterocycles. The van der Waals surface area contributed by atoms with Gasteiger partial charge in [-0.25, -0.2) is 4.98 Å². The van der Waals surface area contributed by atoms with Crippen LogP contribution < -0.4 is 5.73 Å². The molecule has 0 unspecified atom stereocenters. The summed E-state index contributed by atoms with van der Waals surface area (Å²) in [5.41, 5.74) is 5.95. The lowest BCUT2D eigenvalue weighted by Crippen LogP contribution is -2.40. The molecular weight excluding hydrogens is 254 g/mol. The van der Waals surface area contributed by atoms with Gasteiger partial charge in [-0.2, -0.15) is 0 Å². The molecule has 0 spiro atoms. The van der Waals surface area contributed by atoms with Crippen molar-refractivity contribution in [3.63, 3.8) is 0 Å². The highest BCUT2D eigenvalue weighted by Crippen LogP contribution is 2.25. The van der Waals surface area contributed by atoms with Gasteiger partial charge in [-0.1, -0.05) is 18.5 Å². The van der Waals surface area contributed by atoms with E-state index < -0.39 is 0 Å². The van der Waals surface area contributed by atoms with E-state index in [1.165, 1.54) is 17.7 Å². The van der Waals surface area contributed by atoms with Crippen LogP contribution in [0.15, 0.2) is 6.20 Å². The monoisotopic (exact) mass is 273 g/mol. The van der Waals surface area contributed by atoms with Crippen molar-refractivity contribution in [2.75, 3.05) is 6.54 Å². The highest BCUT2D eigenvalue weighted by molar-refractivity contribution is 7.15. The molecule has 1 heterocycles. The van der Waals surface area contributed by atoms with Crippen LogP contribution in [0.1, 0.15) is 37.5 Å². The van der Waals surface area contributed by atoms with Gasteiger partial charge in [0.25, 0.3) is 0 Å². The zero-order valence-corrected chi connectivity index (χ0v) is 11.8. The average molecular weight is 274 g/mol. The lowest BCUT2D eigenvalue weighted by atomic mass is 9.91. The van der Waals surface area contributed by atoms with Crippen molar-refractivity contribution < 1.29 is 0 Å². The number of nitrogens with two attached hydrogens (primary N) is 1. The minimum absolute atomic E-state index is 0.419. The first kappa shape index (κ1) is 13.3. The minimum Gasteiger partial charge on any atom is -0.328 e. The second-order valence-electron chi connectivity index (χ2n) is 4.71. The number of hydrogen-bond donors (Lipinski definition) is 1. The standard InChI is InChI=1S/C12H20ClN3S/c1-2-16(8-11-7-15-12(13)17-11)10-5-3-9(14)4-6-10/h7,9-10H,2-6,8,14H2,1H3. The van der Waals surface area contributed by atoms with Crippen LogP contribution >= 0.6 is 22.9 Å². The quantitative estimate of drug-likeness (QED) is 0.917. The molecule has 0 bridgehead atoms. The summed E-state index contributed by atoms with van der Waals surface area (Å²) in [6, 6.07) is 1.10. The summed E-state index contributed by atoms with van der Waals surface area (Å²) in [5.74, 6) is 0. The van der Waals surface area contributed by atoms with Crippen molar-refractivity contribution in [3.05, 3.63) is 15.5 Å². The first-order chi connectivity index (χ1) is 8.19. The number of aromatic nitrogens is 1. The zero-order chi connectivity index (χ0) is 12.3. The van der Waals surface area contributed by atoms with Crippen LogP contribution in [-0.4, -0.2) is 28.5 Å². The van der Waals surface area contributed by atoms with Crippen molar-refractivity contribution in [2.45, 2.75) is 51.2 Å². The van der Waals surface area contributed by atoms with E-state index in [0.717, 1.165) is 25.9 Å². The molecule has 1 aliphatic rings. The zero-order valence-electron chi connectivity index (χ0n) is 10.2. The van der Waals surface area contributed by atoms with Gasteiger partial charge in [0.2, 0.25) is 0 Å². The Morgan fingerprint density at radius 2 is 2.18 bits per heavy atom. The van der Waals surface area contributed by atoms with Crippen LogP contribution in [0.4, 0.5) is 0 Å². The van der Waals surface area contributed by atoms with Gasteiger partial charge in [0, 0.05) is 29.7 Å². The van der Waals surface area contributed by atoms with Crippen LogP contribution in [-0.2, 0) is 6.54 Å². The molecule has 0 amide bonds. The summed E-state index contributed by atoms with van der Waals surface area (Å²) < 4.78 is 0.640. The summed E-state index contributed by atoms with van der Waals surface area (Å²) in [4.78, 5) is 7.88. The Labute approximate surface area is 112 Å². The second kappa shape index (κ2) is 6.14. The smallest absolute Gasteiger partial charge is 0.183 e. The summed E-state index contributed by atoms with van der Waals surface area (Å²) >= 11 is 7.45. The molecule has 1 fully saturated rings. The molecule has 0 atom stereocenters. The summed E-state index contributed by atoms with van der Waals surface area (Å²) in [6.45, 7) is 4.27. The molecule has 17 heavy (non-hydrogen) atoms. The first-order valence-corrected chi connectivity index (χ1v) is 7.48. The van der Waals surface area contributed by atoms with Gasteiger partial charge in [0.05, 0.1) is 0 Å². The number of nitrogens with zero attached hydrogens (tertiary/aromatic N) is 2. The predicted molar refractivity (Wildman–Crippen MR) is 73.4 cm³/mol. The molecular formula is C12H20ClN3S. The van der Waals surface area contributed by atoms with E-state index in [1.54, 1.807) is 11.3 Å². The third-order valence-corrected chi connectivity index (χ3v) is 4.65. The van der Waals surface area contributed by atoms with E-state index >= 15 is 0 Å². The molecule has 1 aromatic rings. The van der Waals surface area contributed by atoms with Gasteiger partial charge in [0.15, 0.2) is 4.47 Å². The Morgan fingerprint density at radius 1 is 1.47 bits per heavy atom. The second-order valence-corrected chi connectivity index (χ2v) is 6.41. The highest BCUT2D eigenvalue weighted by Gasteiger charge is 2.23. The van der Waals surface area contributed by atoms with Gasteiger partial charge < -0.3 is 5.73 Å². The summed E-state index contributed by atoms with van der Waals surface area (Å²) in [7, 11) is 0. The van der Waals surface area contributed by atoms with Gasteiger partial charge in [-0.05, 0) is 32.2 Å². The van der Waals surface area contributed by atoms with Crippen LogP contribution in [0, 0.1) is 0 Å². The molecule has 96 valence electrons. The fourth-order valence-corrected chi connectivity index (χ4v) is 3.53. The molecule has 2 N–H and O–H groups in total. The van der Waals surface area contributed by atoms with E-state index in [1.807, 2.05) is 6.20 Å². The molecule has 1 aromatic heterocycles. The van der Waals surface area contributed by atoms with Crippen LogP contribution in [0.3, 0.4) is 0 Å². The minimum atomic E-state index is 0.419. The number of hydrogen-bond acceptors (Lipinski definition) is 4. The van der Waals surface area contributed by atoms with E-state index in [-0.39, 0.29) is 0 Å². The molecule has 0 aliphatic heterocycles. The fraction of sp³-hybridized carbons (Fsp3) is 0.750. The van der Waals surface area contributed by atoms with Gasteiger partial charge in [0.1, 0.15) is 0 Å². The topological polar surface area (TPSA) is 42.2 Å². The third-order valence-electron chi connectivity index (χ3n) is 3.55. The van der Waals surface area contributed by atoms with E-state index in [9.17, 15) is 0 Å². The lowest BCUT2D eigenvalue weighted by molar-refractivity contribution is 0.150. The van der Waals surface area contributed by atoms with E-state index in [4.69, 9.17) is 17.3 Å². The predicted octanol–water partition coefficient (Wildman–Crippen LogP) is 2.89. The van der Waals surface area contributed by atoms with Crippen molar-refractivity contribution in [1.82, 2.24) is 9.88 Å². The highest BCUT2D eigenvalue weighted by atomic mass is 35.5. The summed E-state index contributed by atoms with van der Waals surface area (Å²) in [6.07, 6.45) is 6.66. The SMILES string of the molecule is CCN(Cc1cnc(Cl)s1)C1CCC(N)CC1. The van der Waals surface area contributed by atoms with E-state index in [0.29, 0.717) is 16.6 Å². The normalized spacial score (nSPS) is 25.4. The molecule has 5 heteroatoms. The van der Waals surface area contributed by atoms with E-state index in [2.05, 4.69) is 16.8 Å². The molecule has 1 aliphatic carbocycles. The van der Waals surface area contributed by atoms with Crippen LogP contribution in [0.25, 0.3) is 0 Å². The average Bonchev–Trinajstić information content (AvgIpc) is 2.73. The van der Waals surface area contributed by atoms with Crippen molar-refractivity contribution >= 4 is 22.9 Å². The number of rotatable bonds is 4. The molecule has 2 rings (SSSR count). The maximum atomic E-state index is 5.95. The Bertz CT molecular complexity index is 347. The molecule has 0 aromatic carbocycles. The fourth-order valence-electron chi connectivity index (χ4n) is 2.52. The van der Waals surface area contributed by atoms with Gasteiger partial charge >= 0.3 is 0 Å². The Balaban J connectivity index is 1.92. The Morgan fingerprint density at radius 3 is 2.71 bits per heavy atom.